The third-order valence-electron chi connectivity index (χ3n) is 4.75. The summed E-state index contributed by atoms with van der Waals surface area (Å²) in [6.07, 6.45) is 8.19. The maximum absolute atomic E-state index is 5.89. The van der Waals surface area contributed by atoms with Gasteiger partial charge in [0.25, 0.3) is 0 Å². The van der Waals surface area contributed by atoms with Gasteiger partial charge >= 0.3 is 0 Å². The Bertz CT molecular complexity index is 432. The molecule has 3 unspecified atom stereocenters. The first-order valence-corrected chi connectivity index (χ1v) is 7.11. The minimum Gasteiger partial charge on any atom is -0.383 e. The van der Waals surface area contributed by atoms with Gasteiger partial charge in [0.2, 0.25) is 0 Å². The van der Waals surface area contributed by atoms with Crippen molar-refractivity contribution in [2.24, 2.45) is 17.8 Å². The monoisotopic (exact) mass is 246 g/mol. The molecular weight excluding hydrogens is 224 g/mol. The maximum atomic E-state index is 5.89. The Labute approximate surface area is 108 Å². The molecule has 0 aliphatic heterocycles. The van der Waals surface area contributed by atoms with Crippen LogP contribution in [-0.4, -0.2) is 16.5 Å². The van der Waals surface area contributed by atoms with E-state index in [0.29, 0.717) is 5.82 Å². The van der Waals surface area contributed by atoms with Crippen LogP contribution < -0.4 is 11.1 Å². The standard InChI is InChI=1S/C14H22N4/c1-2-12-13(15)17-8-18-14(12)16-7-11-6-9-3-4-10(11)5-9/h8-11H,2-7H2,1H3,(H3,15,16,17,18). The smallest absolute Gasteiger partial charge is 0.134 e. The summed E-state index contributed by atoms with van der Waals surface area (Å²) in [6.45, 7) is 3.14. The van der Waals surface area contributed by atoms with E-state index in [0.717, 1.165) is 42.1 Å². The Balaban J connectivity index is 1.65. The molecule has 18 heavy (non-hydrogen) atoms. The molecule has 0 spiro atoms. The third-order valence-corrected chi connectivity index (χ3v) is 4.75. The average molecular weight is 246 g/mol. The number of aromatic nitrogens is 2. The van der Waals surface area contributed by atoms with Crippen molar-refractivity contribution < 1.29 is 0 Å². The van der Waals surface area contributed by atoms with Crippen LogP contribution in [0, 0.1) is 17.8 Å². The van der Waals surface area contributed by atoms with Crippen LogP contribution in [-0.2, 0) is 6.42 Å². The molecule has 1 aromatic heterocycles. The highest BCUT2D eigenvalue weighted by atomic mass is 15.0. The molecule has 2 saturated carbocycles. The second kappa shape index (κ2) is 4.75. The number of hydrogen-bond donors (Lipinski definition) is 2. The molecule has 4 nitrogen and oxygen atoms in total. The fourth-order valence-corrected chi connectivity index (χ4v) is 3.78. The Hall–Kier alpha value is -1.32. The van der Waals surface area contributed by atoms with E-state index in [9.17, 15) is 0 Å². The highest BCUT2D eigenvalue weighted by Gasteiger charge is 2.39. The Kier molecular flexibility index (Phi) is 3.10. The van der Waals surface area contributed by atoms with Gasteiger partial charge in [-0.1, -0.05) is 13.3 Å². The summed E-state index contributed by atoms with van der Waals surface area (Å²) in [5, 5.41) is 3.50. The molecule has 0 radical (unpaired) electrons. The lowest BCUT2D eigenvalue weighted by atomic mass is 9.89. The zero-order valence-electron chi connectivity index (χ0n) is 11.0. The first-order chi connectivity index (χ1) is 8.78. The number of nitrogens with two attached hydrogens (primary N) is 1. The molecule has 3 rings (SSSR count). The highest BCUT2D eigenvalue weighted by molar-refractivity contribution is 5.54. The van der Waals surface area contributed by atoms with Gasteiger partial charge in [-0.2, -0.15) is 0 Å². The van der Waals surface area contributed by atoms with Crippen LogP contribution in [0.1, 0.15) is 38.2 Å². The first-order valence-electron chi connectivity index (χ1n) is 7.11. The van der Waals surface area contributed by atoms with Crippen molar-refractivity contribution in [2.45, 2.75) is 39.0 Å². The summed E-state index contributed by atoms with van der Waals surface area (Å²) in [7, 11) is 0. The molecule has 1 aromatic rings. The van der Waals surface area contributed by atoms with E-state index in [1.165, 1.54) is 25.7 Å². The summed E-state index contributed by atoms with van der Waals surface area (Å²) in [5.41, 5.74) is 6.94. The van der Waals surface area contributed by atoms with Crippen LogP contribution in [0.4, 0.5) is 11.6 Å². The second-order valence-corrected chi connectivity index (χ2v) is 5.76. The van der Waals surface area contributed by atoms with Crippen LogP contribution in [0.2, 0.25) is 0 Å². The number of nitrogens with one attached hydrogen (secondary N) is 1. The number of anilines is 2. The largest absolute Gasteiger partial charge is 0.383 e. The van der Waals surface area contributed by atoms with Crippen molar-refractivity contribution in [1.82, 2.24) is 9.97 Å². The first kappa shape index (κ1) is 11.8. The summed E-state index contributed by atoms with van der Waals surface area (Å²) in [6, 6.07) is 0. The quantitative estimate of drug-likeness (QED) is 0.856. The molecule has 3 N–H and O–H groups in total. The highest BCUT2D eigenvalue weighted by Crippen LogP contribution is 2.48. The number of fused-ring (bicyclic) bond motifs is 2. The van der Waals surface area contributed by atoms with Gasteiger partial charge in [-0.25, -0.2) is 9.97 Å². The molecule has 3 atom stereocenters. The fraction of sp³-hybridized carbons (Fsp3) is 0.714. The third kappa shape index (κ3) is 2.04. The van der Waals surface area contributed by atoms with Crippen LogP contribution >= 0.6 is 0 Å². The van der Waals surface area contributed by atoms with Crippen molar-refractivity contribution in [3.8, 4) is 0 Å². The summed E-state index contributed by atoms with van der Waals surface area (Å²) in [5.74, 6) is 4.34. The zero-order chi connectivity index (χ0) is 12.5. The molecule has 98 valence electrons. The van der Waals surface area contributed by atoms with Gasteiger partial charge in [-0.05, 0) is 43.4 Å². The van der Waals surface area contributed by atoms with Gasteiger partial charge in [-0.3, -0.25) is 0 Å². The SMILES string of the molecule is CCc1c(N)ncnc1NCC1CC2CCC1C2. The van der Waals surface area contributed by atoms with Gasteiger partial charge in [0.15, 0.2) is 0 Å². The van der Waals surface area contributed by atoms with E-state index < -0.39 is 0 Å². The zero-order valence-corrected chi connectivity index (χ0v) is 11.0. The predicted molar refractivity (Wildman–Crippen MR) is 73.3 cm³/mol. The van der Waals surface area contributed by atoms with Gasteiger partial charge in [0.05, 0.1) is 0 Å². The molecule has 2 aliphatic carbocycles. The van der Waals surface area contributed by atoms with Gasteiger partial charge in [-0.15, -0.1) is 0 Å². The van der Waals surface area contributed by atoms with Crippen molar-refractivity contribution in [1.29, 1.82) is 0 Å². The lowest BCUT2D eigenvalue weighted by molar-refractivity contribution is 0.348. The summed E-state index contributed by atoms with van der Waals surface area (Å²) in [4.78, 5) is 8.39. The molecule has 2 bridgehead atoms. The Morgan fingerprint density at radius 2 is 2.22 bits per heavy atom. The van der Waals surface area contributed by atoms with Crippen LogP contribution in [0.15, 0.2) is 6.33 Å². The van der Waals surface area contributed by atoms with Crippen LogP contribution in [0.3, 0.4) is 0 Å². The van der Waals surface area contributed by atoms with E-state index in [1.54, 1.807) is 6.33 Å². The molecule has 0 aromatic carbocycles. The molecular formula is C14H22N4. The Morgan fingerprint density at radius 1 is 1.33 bits per heavy atom. The molecule has 1 heterocycles. The lowest BCUT2D eigenvalue weighted by Gasteiger charge is -2.22. The normalized spacial score (nSPS) is 29.7. The number of rotatable bonds is 4. The molecule has 0 amide bonds. The molecule has 0 saturated heterocycles. The average Bonchev–Trinajstić information content (AvgIpc) is 2.98. The van der Waals surface area contributed by atoms with E-state index in [2.05, 4.69) is 22.2 Å². The molecule has 2 fully saturated rings. The van der Waals surface area contributed by atoms with Gasteiger partial charge in [0.1, 0.15) is 18.0 Å². The van der Waals surface area contributed by atoms with Crippen LogP contribution in [0.25, 0.3) is 0 Å². The van der Waals surface area contributed by atoms with Crippen LogP contribution in [0.5, 0.6) is 0 Å². The minimum absolute atomic E-state index is 0.614. The Morgan fingerprint density at radius 3 is 2.89 bits per heavy atom. The molecule has 2 aliphatic rings. The number of nitrogen functional groups attached to an aromatic ring is 1. The topological polar surface area (TPSA) is 63.8 Å². The predicted octanol–water partition coefficient (Wildman–Crippen LogP) is 2.47. The summed E-state index contributed by atoms with van der Waals surface area (Å²) < 4.78 is 0. The van der Waals surface area contributed by atoms with E-state index in [-0.39, 0.29) is 0 Å². The lowest BCUT2D eigenvalue weighted by Crippen LogP contribution is -2.21. The van der Waals surface area contributed by atoms with E-state index in [4.69, 9.17) is 5.73 Å². The number of nitrogens with zero attached hydrogens (tertiary/aromatic N) is 2. The van der Waals surface area contributed by atoms with Crippen molar-refractivity contribution in [3.05, 3.63) is 11.9 Å². The number of hydrogen-bond acceptors (Lipinski definition) is 4. The second-order valence-electron chi connectivity index (χ2n) is 5.76. The molecule has 4 heteroatoms. The fourth-order valence-electron chi connectivity index (χ4n) is 3.78. The van der Waals surface area contributed by atoms with Gasteiger partial charge < -0.3 is 11.1 Å². The van der Waals surface area contributed by atoms with E-state index >= 15 is 0 Å². The summed E-state index contributed by atoms with van der Waals surface area (Å²) >= 11 is 0. The van der Waals surface area contributed by atoms with Crippen molar-refractivity contribution >= 4 is 11.6 Å². The van der Waals surface area contributed by atoms with E-state index in [1.807, 2.05) is 0 Å². The maximum Gasteiger partial charge on any atom is 0.134 e. The van der Waals surface area contributed by atoms with Crippen molar-refractivity contribution in [3.63, 3.8) is 0 Å². The minimum atomic E-state index is 0.614. The van der Waals surface area contributed by atoms with Crippen molar-refractivity contribution in [2.75, 3.05) is 17.6 Å². The van der Waals surface area contributed by atoms with Gasteiger partial charge in [0, 0.05) is 12.1 Å².